The van der Waals surface area contributed by atoms with Gasteiger partial charge in [0.05, 0.1) is 4.90 Å². The van der Waals surface area contributed by atoms with Crippen molar-refractivity contribution in [2.45, 2.75) is 36.5 Å². The normalized spacial score (nSPS) is 17.6. The van der Waals surface area contributed by atoms with Gasteiger partial charge in [0.15, 0.2) is 0 Å². The third-order valence-electron chi connectivity index (χ3n) is 6.57. The highest BCUT2D eigenvalue weighted by atomic mass is 32.2. The molecule has 1 amide bonds. The lowest BCUT2D eigenvalue weighted by Crippen LogP contribution is -2.38. The van der Waals surface area contributed by atoms with E-state index in [2.05, 4.69) is 15.5 Å². The highest BCUT2D eigenvalue weighted by Gasteiger charge is 2.35. The maximum Gasteiger partial charge on any atom is 0.261 e. The van der Waals surface area contributed by atoms with Gasteiger partial charge in [-0.15, -0.1) is 0 Å². The number of nitrogens with zero attached hydrogens (tertiary/aromatic N) is 2. The van der Waals surface area contributed by atoms with Crippen LogP contribution in [0.3, 0.4) is 0 Å². The van der Waals surface area contributed by atoms with Crippen LogP contribution >= 0.6 is 0 Å². The molecule has 0 bridgehead atoms. The number of hydrogen-bond acceptors (Lipinski definition) is 3. The van der Waals surface area contributed by atoms with E-state index in [1.165, 1.54) is 17.7 Å². The summed E-state index contributed by atoms with van der Waals surface area (Å²) in [6.45, 7) is 1.54. The van der Waals surface area contributed by atoms with E-state index in [4.69, 9.17) is 0 Å². The van der Waals surface area contributed by atoms with Crippen LogP contribution in [0.4, 0.5) is 10.1 Å². The summed E-state index contributed by atoms with van der Waals surface area (Å²) in [6, 6.07) is 10.3. The Morgan fingerprint density at radius 1 is 1.03 bits per heavy atom. The van der Waals surface area contributed by atoms with Gasteiger partial charge in [0.2, 0.25) is 5.91 Å². The number of hydrogen-bond donors (Lipinski definition) is 1. The molecule has 1 saturated carbocycles. The van der Waals surface area contributed by atoms with Crippen molar-refractivity contribution in [3.05, 3.63) is 60.0 Å². The Balaban J connectivity index is 1.39. The summed E-state index contributed by atoms with van der Waals surface area (Å²) in [5, 5.41) is 1.01. The molecule has 1 N–H and O–H groups in total. The number of amides is 1. The Labute approximate surface area is 187 Å². The Hall–Kier alpha value is -2.87. The van der Waals surface area contributed by atoms with E-state index in [0.717, 1.165) is 61.8 Å². The van der Waals surface area contributed by atoms with Crippen LogP contribution in [0.5, 0.6) is 0 Å². The molecule has 2 fully saturated rings. The van der Waals surface area contributed by atoms with Gasteiger partial charge in [0, 0.05) is 48.8 Å². The van der Waals surface area contributed by atoms with Crippen molar-refractivity contribution in [2.24, 2.45) is 13.0 Å². The van der Waals surface area contributed by atoms with Crippen molar-refractivity contribution >= 4 is 32.5 Å². The molecule has 1 aliphatic heterocycles. The van der Waals surface area contributed by atoms with E-state index >= 15 is 0 Å². The minimum atomic E-state index is -3.82. The number of piperidine rings is 1. The first-order chi connectivity index (χ1) is 15.3. The number of aromatic nitrogens is 1. The molecule has 0 atom stereocenters. The number of carbonyl (C=O) groups excluding carboxylic acids is 1. The van der Waals surface area contributed by atoms with Crippen molar-refractivity contribution in [1.29, 1.82) is 0 Å². The molecule has 0 unspecified atom stereocenters. The summed E-state index contributed by atoms with van der Waals surface area (Å²) in [4.78, 5) is 14.4. The first-order valence-electron chi connectivity index (χ1n) is 11.0. The van der Waals surface area contributed by atoms with Gasteiger partial charge in [-0.05, 0) is 79.6 Å². The lowest BCUT2D eigenvalue weighted by Gasteiger charge is -2.32. The first kappa shape index (κ1) is 21.0. The Morgan fingerprint density at radius 3 is 2.38 bits per heavy atom. The van der Waals surface area contributed by atoms with E-state index in [-0.39, 0.29) is 10.8 Å². The summed E-state index contributed by atoms with van der Waals surface area (Å²) in [5.74, 6) is 0.398. The number of halogens is 1. The highest BCUT2D eigenvalue weighted by Crippen LogP contribution is 2.37. The van der Waals surface area contributed by atoms with Crippen molar-refractivity contribution in [2.75, 3.05) is 17.8 Å². The minimum absolute atomic E-state index is 0.0139. The van der Waals surface area contributed by atoms with E-state index in [1.807, 2.05) is 24.1 Å². The second-order valence-electron chi connectivity index (χ2n) is 8.86. The van der Waals surface area contributed by atoms with E-state index < -0.39 is 15.8 Å². The average Bonchev–Trinajstić information content (AvgIpc) is 3.58. The topological polar surface area (TPSA) is 71.4 Å². The SMILES string of the molecule is Cn1cc(C2CCN(C(=O)C3CC3)CC2)c2cc(NS(=O)(=O)c3ccc(F)cc3)ccc21. The number of anilines is 1. The quantitative estimate of drug-likeness (QED) is 0.626. The predicted octanol–water partition coefficient (Wildman–Crippen LogP) is 4.23. The number of fused-ring (bicyclic) bond motifs is 1. The third kappa shape index (κ3) is 3.99. The van der Waals surface area contributed by atoms with Crippen LogP contribution in [0.15, 0.2) is 53.6 Å². The number of sulfonamides is 1. The van der Waals surface area contributed by atoms with Crippen LogP contribution in [0.25, 0.3) is 10.9 Å². The van der Waals surface area contributed by atoms with Gasteiger partial charge < -0.3 is 9.47 Å². The Morgan fingerprint density at radius 2 is 1.72 bits per heavy atom. The van der Waals surface area contributed by atoms with Gasteiger partial charge in [-0.2, -0.15) is 0 Å². The number of rotatable bonds is 5. The molecular formula is C24H26FN3O3S. The van der Waals surface area contributed by atoms with Gasteiger partial charge in [0.25, 0.3) is 10.0 Å². The van der Waals surface area contributed by atoms with Gasteiger partial charge >= 0.3 is 0 Å². The number of aryl methyl sites for hydroxylation is 1. The summed E-state index contributed by atoms with van der Waals surface area (Å²) in [5.41, 5.74) is 2.68. The minimum Gasteiger partial charge on any atom is -0.350 e. The van der Waals surface area contributed by atoms with Crippen LogP contribution in [-0.2, 0) is 21.9 Å². The molecule has 8 heteroatoms. The molecule has 32 heavy (non-hydrogen) atoms. The molecule has 1 aromatic heterocycles. The number of nitrogens with one attached hydrogen (secondary N) is 1. The molecule has 2 aliphatic rings. The van der Waals surface area contributed by atoms with Crippen molar-refractivity contribution in [1.82, 2.24) is 9.47 Å². The Kier molecular flexibility index (Phi) is 5.20. The summed E-state index contributed by atoms with van der Waals surface area (Å²) in [6.07, 6.45) is 5.98. The standard InChI is InChI=1S/C24H26FN3O3S/c1-27-15-22(16-10-12-28(13-11-16)24(29)17-2-3-17)21-14-19(6-9-23(21)27)26-32(30,31)20-7-4-18(25)5-8-20/h4-9,14-17,26H,2-3,10-13H2,1H3. The zero-order chi connectivity index (χ0) is 22.5. The second-order valence-corrected chi connectivity index (χ2v) is 10.5. The van der Waals surface area contributed by atoms with Crippen molar-refractivity contribution in [3.63, 3.8) is 0 Å². The molecule has 6 nitrogen and oxygen atoms in total. The maximum atomic E-state index is 13.2. The molecule has 5 rings (SSSR count). The second kappa shape index (κ2) is 7.92. The number of benzene rings is 2. The van der Waals surface area contributed by atoms with Gasteiger partial charge in [-0.1, -0.05) is 0 Å². The molecule has 0 spiro atoms. The Bertz CT molecular complexity index is 1270. The van der Waals surface area contributed by atoms with Gasteiger partial charge in [-0.25, -0.2) is 12.8 Å². The molecule has 0 radical (unpaired) electrons. The van der Waals surface area contributed by atoms with Crippen LogP contribution in [0.2, 0.25) is 0 Å². The van der Waals surface area contributed by atoms with Gasteiger partial charge in [0.1, 0.15) is 5.82 Å². The van der Waals surface area contributed by atoms with E-state index in [1.54, 1.807) is 6.07 Å². The molecule has 2 heterocycles. The van der Waals surface area contributed by atoms with Crippen molar-refractivity contribution in [3.8, 4) is 0 Å². The van der Waals surface area contributed by atoms with Gasteiger partial charge in [-0.3, -0.25) is 9.52 Å². The molecular weight excluding hydrogens is 429 g/mol. The maximum absolute atomic E-state index is 13.2. The zero-order valence-electron chi connectivity index (χ0n) is 17.9. The first-order valence-corrected chi connectivity index (χ1v) is 12.5. The molecule has 1 aliphatic carbocycles. The summed E-state index contributed by atoms with van der Waals surface area (Å²) >= 11 is 0. The van der Waals surface area contributed by atoms with Crippen LogP contribution in [0, 0.1) is 11.7 Å². The largest absolute Gasteiger partial charge is 0.350 e. The number of likely N-dealkylation sites (tertiary alicyclic amines) is 1. The number of carbonyl (C=O) groups is 1. The summed E-state index contributed by atoms with van der Waals surface area (Å²) in [7, 11) is -1.83. The lowest BCUT2D eigenvalue weighted by molar-refractivity contribution is -0.133. The van der Waals surface area contributed by atoms with E-state index in [9.17, 15) is 17.6 Å². The highest BCUT2D eigenvalue weighted by molar-refractivity contribution is 7.92. The van der Waals surface area contributed by atoms with Crippen molar-refractivity contribution < 1.29 is 17.6 Å². The van der Waals surface area contributed by atoms with E-state index in [0.29, 0.717) is 17.5 Å². The van der Waals surface area contributed by atoms with Crippen LogP contribution < -0.4 is 4.72 Å². The molecule has 1 saturated heterocycles. The van der Waals surface area contributed by atoms with Crippen LogP contribution in [0.1, 0.15) is 37.2 Å². The monoisotopic (exact) mass is 455 g/mol. The fourth-order valence-electron chi connectivity index (χ4n) is 4.64. The van der Waals surface area contributed by atoms with Crippen LogP contribution in [-0.4, -0.2) is 36.9 Å². The predicted molar refractivity (Wildman–Crippen MR) is 121 cm³/mol. The third-order valence-corrected chi connectivity index (χ3v) is 7.97. The molecule has 168 valence electrons. The average molecular weight is 456 g/mol. The molecule has 2 aromatic carbocycles. The lowest BCUT2D eigenvalue weighted by atomic mass is 9.89. The smallest absolute Gasteiger partial charge is 0.261 e. The molecule has 3 aromatic rings. The fourth-order valence-corrected chi connectivity index (χ4v) is 5.69. The summed E-state index contributed by atoms with van der Waals surface area (Å²) < 4.78 is 43.3. The fraction of sp³-hybridized carbons (Fsp3) is 0.375. The zero-order valence-corrected chi connectivity index (χ0v) is 18.7.